The third-order valence-electron chi connectivity index (χ3n) is 15.9. The van der Waals surface area contributed by atoms with Gasteiger partial charge in [0.25, 0.3) is 5.91 Å². The van der Waals surface area contributed by atoms with E-state index in [4.69, 9.17) is 46.4 Å². The van der Waals surface area contributed by atoms with Crippen LogP contribution in [0.15, 0.2) is 260 Å². The number of pyridine rings is 13. The molecule has 0 saturated heterocycles. The lowest BCUT2D eigenvalue weighted by molar-refractivity contribution is 0.0697. The van der Waals surface area contributed by atoms with Crippen LogP contribution in [0.1, 0.15) is 33.3 Å². The molecule has 3 aromatic carbocycles. The zero-order chi connectivity index (χ0) is 75.2. The van der Waals surface area contributed by atoms with E-state index >= 15 is 0 Å². The van der Waals surface area contributed by atoms with Gasteiger partial charge in [-0.15, -0.1) is 0 Å². The van der Waals surface area contributed by atoms with Crippen LogP contribution in [0.5, 0.6) is 0 Å². The number of benzene rings is 3. The summed E-state index contributed by atoms with van der Waals surface area (Å²) in [4.78, 5) is 81.8. The fourth-order valence-corrected chi connectivity index (χ4v) is 12.6. The minimum absolute atomic E-state index is 0.00633. The minimum Gasteiger partial charge on any atom is -0.478 e. The molecule has 108 heavy (non-hydrogen) atoms. The summed E-state index contributed by atoms with van der Waals surface area (Å²) in [5.74, 6) is -2.55. The molecule has 532 valence electrons. The Labute approximate surface area is 638 Å². The lowest BCUT2D eigenvalue weighted by atomic mass is 10.1. The van der Waals surface area contributed by atoms with E-state index in [0.717, 1.165) is 54.4 Å². The smallest absolute Gasteiger partial charge is 0.339 e. The van der Waals surface area contributed by atoms with Crippen molar-refractivity contribution < 1.29 is 27.9 Å². The van der Waals surface area contributed by atoms with Gasteiger partial charge in [-0.3, -0.25) is 24.7 Å². The third-order valence-corrected chi connectivity index (χ3v) is 17.9. The van der Waals surface area contributed by atoms with Crippen LogP contribution < -0.4 is 21.3 Å². The van der Waals surface area contributed by atoms with Crippen LogP contribution in [0, 0.1) is 24.4 Å². The van der Waals surface area contributed by atoms with Crippen molar-refractivity contribution in [2.45, 2.75) is 23.6 Å². The molecule has 5 N–H and O–H groups in total. The van der Waals surface area contributed by atoms with Gasteiger partial charge in [-0.2, -0.15) is 0 Å². The molecule has 0 atom stereocenters. The quantitative estimate of drug-likeness (QED) is 0.0597. The molecule has 0 aliphatic rings. The van der Waals surface area contributed by atoms with Crippen molar-refractivity contribution in [2.75, 3.05) is 22.5 Å². The predicted molar refractivity (Wildman–Crippen MR) is 418 cm³/mol. The highest BCUT2D eigenvalue weighted by atomic mass is 35.5. The molecule has 0 saturated carbocycles. The van der Waals surface area contributed by atoms with Crippen LogP contribution in [-0.2, 0) is 0 Å². The molecule has 0 radical (unpaired) electrons. The molecule has 16 aromatic rings. The number of carbonyl (C=O) groups is 2. The number of carbonyl (C=O) groups excluding carboxylic acids is 1. The molecule has 0 spiro atoms. The van der Waals surface area contributed by atoms with E-state index < -0.39 is 17.6 Å². The molecule has 16 rings (SSSR count). The first kappa shape index (κ1) is 73.6. The second-order valence-corrected chi connectivity index (χ2v) is 26.1. The average Bonchev–Trinajstić information content (AvgIpc) is 0.804. The summed E-state index contributed by atoms with van der Waals surface area (Å²) in [5.41, 5.74) is 10.8. The lowest BCUT2D eigenvalue weighted by Crippen LogP contribution is -2.23. The zero-order valence-corrected chi connectivity index (χ0v) is 60.4. The van der Waals surface area contributed by atoms with Gasteiger partial charge in [0, 0.05) is 149 Å². The second kappa shape index (κ2) is 34.0. The summed E-state index contributed by atoms with van der Waals surface area (Å²) in [6.45, 7) is 4.36. The van der Waals surface area contributed by atoms with Crippen LogP contribution in [0.3, 0.4) is 0 Å². The van der Waals surface area contributed by atoms with Crippen LogP contribution >= 0.6 is 58.2 Å². The molecule has 0 aliphatic carbocycles. The van der Waals surface area contributed by atoms with E-state index in [9.17, 15) is 27.9 Å². The number of fused-ring (bicyclic) bond motifs is 4. The maximum atomic E-state index is 14.4. The van der Waals surface area contributed by atoms with Gasteiger partial charge >= 0.3 is 5.97 Å². The number of carboxylic acid groups (broad SMARTS) is 1. The summed E-state index contributed by atoms with van der Waals surface area (Å²) < 4.78 is 42.9. The number of nitrogens with zero attached hydrogens (tertiary/aromatic N) is 13. The SMILES string of the molecule is CCNC(=O)c1cnccc1Nc1cc(-c2cccc(C)n2)nc2ncccc12.Fc1ccc(Cl)cc1-c1cc(Nc2ccnc(Cl)c2)c2cccnc2n1.Fc1ccc(Cl)cc1-c1cc(Sc2ccncc2)c2cccnc2n1.O=C(O)c1cnccc1Nc1cc(-c2cc(Cl)ccc2F)nc2ncccc12. The number of aromatic nitrogens is 13. The van der Waals surface area contributed by atoms with Gasteiger partial charge in [0.1, 0.15) is 28.2 Å². The van der Waals surface area contributed by atoms with Gasteiger partial charge in [-0.05, 0) is 190 Å². The molecule has 28 heteroatoms. The van der Waals surface area contributed by atoms with Crippen LogP contribution in [-0.4, -0.2) is 88.3 Å². The molecule has 20 nitrogen and oxygen atoms in total. The van der Waals surface area contributed by atoms with E-state index in [-0.39, 0.29) is 22.9 Å². The number of carboxylic acids is 1. The Morgan fingerprint density at radius 3 is 1.37 bits per heavy atom. The summed E-state index contributed by atoms with van der Waals surface area (Å²) >= 11 is 25.6. The molecular weight excluding hydrogens is 1480 g/mol. The molecule has 0 aliphatic heterocycles. The molecule has 0 fully saturated rings. The molecule has 13 heterocycles. The van der Waals surface area contributed by atoms with Gasteiger partial charge in [-0.25, -0.2) is 62.8 Å². The minimum atomic E-state index is -1.12. The van der Waals surface area contributed by atoms with E-state index in [2.05, 4.69) is 86.1 Å². The number of aromatic carboxylic acids is 1. The highest BCUT2D eigenvalue weighted by molar-refractivity contribution is 7.99. The maximum absolute atomic E-state index is 14.4. The van der Waals surface area contributed by atoms with Gasteiger partial charge in [0.15, 0.2) is 22.6 Å². The summed E-state index contributed by atoms with van der Waals surface area (Å²) in [7, 11) is 0. The standard InChI is InChI=1S/C22H20N6O.C20H12ClFN4O2.C19H11Cl2FN4.C19H11ClFN3S/c1-3-24-22(29)16-13-23-11-9-17(16)27-19-12-20(18-8-4-6-14(2)26-18)28-21-15(19)7-5-10-25-21;21-11-3-4-15(22)13(8-11)18-9-17(12-2-1-6-24-19(12)26-18)25-16-5-7-23-10-14(16)20(27)28;20-11-3-4-15(22)14(8-11)17-10-16(13-2-1-6-24-19(13)26-17)25-12-5-7-23-18(21)9-12;20-12-3-4-16(21)15(10-12)17-11-18(25-13-5-8-22-9-6-13)14-2-1-7-23-19(14)24-17/h4-13H,3H2,1-2H3,(H,24,29)(H,23,25,27,28);1-10H,(H,27,28)(H,23,24,25,26);1-10H,(H,23,24,25,26);1-11H. The number of hydrogen-bond donors (Lipinski definition) is 5. The summed E-state index contributed by atoms with van der Waals surface area (Å²) in [6.07, 6.45) is 17.6. The van der Waals surface area contributed by atoms with Crippen molar-refractivity contribution in [2.24, 2.45) is 0 Å². The van der Waals surface area contributed by atoms with Crippen molar-refractivity contribution in [3.05, 3.63) is 305 Å². The fraction of sp³-hybridized carbons (Fsp3) is 0.0375. The average molecular weight is 1530 g/mol. The second-order valence-electron chi connectivity index (χ2n) is 23.2. The van der Waals surface area contributed by atoms with Gasteiger partial charge < -0.3 is 26.4 Å². The zero-order valence-electron chi connectivity index (χ0n) is 56.5. The van der Waals surface area contributed by atoms with E-state index in [0.29, 0.717) is 111 Å². The Morgan fingerprint density at radius 2 is 0.870 bits per heavy atom. The highest BCUT2D eigenvalue weighted by Gasteiger charge is 2.20. The number of halogens is 7. The Bertz CT molecular complexity index is 6050. The first-order chi connectivity index (χ1) is 52.5. The third kappa shape index (κ3) is 17.8. The van der Waals surface area contributed by atoms with Gasteiger partial charge in [-0.1, -0.05) is 64.2 Å². The largest absolute Gasteiger partial charge is 0.478 e. The van der Waals surface area contributed by atoms with Crippen molar-refractivity contribution in [3.63, 3.8) is 0 Å². The van der Waals surface area contributed by atoms with Gasteiger partial charge in [0.2, 0.25) is 0 Å². The molecule has 1 amide bonds. The van der Waals surface area contributed by atoms with E-state index in [1.54, 1.807) is 128 Å². The Balaban J connectivity index is 0.000000127. The summed E-state index contributed by atoms with van der Waals surface area (Å²) in [5, 5.41) is 26.8. The number of amides is 1. The maximum Gasteiger partial charge on any atom is 0.339 e. The molecule has 0 unspecified atom stereocenters. The highest BCUT2D eigenvalue weighted by Crippen LogP contribution is 2.39. The molecule has 0 bridgehead atoms. The summed E-state index contributed by atoms with van der Waals surface area (Å²) in [6, 6.07) is 51.5. The molecule has 13 aromatic heterocycles. The number of hydrogen-bond acceptors (Lipinski definition) is 19. The fourth-order valence-electron chi connectivity index (χ4n) is 11.0. The Kier molecular flexibility index (Phi) is 23.2. The van der Waals surface area contributed by atoms with Gasteiger partial charge in [0.05, 0.1) is 62.5 Å². The van der Waals surface area contributed by atoms with Crippen molar-refractivity contribution >= 4 is 148 Å². The van der Waals surface area contributed by atoms with Crippen LogP contribution in [0.25, 0.3) is 89.3 Å². The van der Waals surface area contributed by atoms with Crippen molar-refractivity contribution in [1.82, 2.24) is 70.1 Å². The predicted octanol–water partition coefficient (Wildman–Crippen LogP) is 20.3. The Morgan fingerprint density at radius 1 is 0.417 bits per heavy atom. The first-order valence-electron chi connectivity index (χ1n) is 32.7. The topological polar surface area (TPSA) is 270 Å². The number of nitrogens with one attached hydrogen (secondary N) is 4. The molecular formula is C80H54Cl4F3N17O3S. The monoisotopic (exact) mass is 1530 g/mol. The van der Waals surface area contributed by atoms with Crippen LogP contribution in [0.4, 0.5) is 47.3 Å². The lowest BCUT2D eigenvalue weighted by Gasteiger charge is -2.14. The number of rotatable bonds is 15. The van der Waals surface area contributed by atoms with E-state index in [1.165, 1.54) is 54.9 Å². The van der Waals surface area contributed by atoms with E-state index in [1.807, 2.05) is 92.7 Å². The number of anilines is 6. The Hall–Kier alpha value is -12.7. The first-order valence-corrected chi connectivity index (χ1v) is 35.0. The van der Waals surface area contributed by atoms with Crippen molar-refractivity contribution in [3.8, 4) is 45.2 Å². The van der Waals surface area contributed by atoms with Crippen molar-refractivity contribution in [1.29, 1.82) is 0 Å². The van der Waals surface area contributed by atoms with Crippen LogP contribution in [0.2, 0.25) is 20.2 Å². The normalized spacial score (nSPS) is 10.8. The number of aryl methyl sites for hydroxylation is 1.